The van der Waals surface area contributed by atoms with Crippen LogP contribution in [0.15, 0.2) is 0 Å². The van der Waals surface area contributed by atoms with E-state index in [4.69, 9.17) is 0 Å². The summed E-state index contributed by atoms with van der Waals surface area (Å²) in [6, 6.07) is 0. The lowest BCUT2D eigenvalue weighted by Gasteiger charge is -2.25. The van der Waals surface area contributed by atoms with Gasteiger partial charge in [-0.1, -0.05) is 27.7 Å². The van der Waals surface area contributed by atoms with Crippen LogP contribution in [0.5, 0.6) is 0 Å². The molecule has 0 unspecified atom stereocenters. The van der Waals surface area contributed by atoms with E-state index in [1.54, 1.807) is 6.92 Å². The summed E-state index contributed by atoms with van der Waals surface area (Å²) in [5.41, 5.74) is 0.172. The quantitative estimate of drug-likeness (QED) is 0.578. The Bertz CT molecular complexity index is 188. The molecular formula is C10H19NO. The van der Waals surface area contributed by atoms with E-state index in [1.165, 1.54) is 0 Å². The fraction of sp³-hybridized carbons (Fsp3) is 0.900. The fourth-order valence-electron chi connectivity index (χ4n) is 2.28. The zero-order chi connectivity index (χ0) is 9.52. The van der Waals surface area contributed by atoms with Crippen molar-refractivity contribution < 1.29 is 4.79 Å². The molecule has 0 bridgehead atoms. The minimum atomic E-state index is 0.172. The van der Waals surface area contributed by atoms with Gasteiger partial charge in [0.05, 0.1) is 5.54 Å². The van der Waals surface area contributed by atoms with Crippen LogP contribution in [0.3, 0.4) is 0 Å². The number of carbonyl (C=O) groups is 1. The van der Waals surface area contributed by atoms with E-state index in [0.29, 0.717) is 11.8 Å². The average molecular weight is 169 g/mol. The molecule has 12 heavy (non-hydrogen) atoms. The van der Waals surface area contributed by atoms with E-state index < -0.39 is 0 Å². The molecule has 0 aromatic carbocycles. The Hall–Kier alpha value is -0.530. The van der Waals surface area contributed by atoms with E-state index in [1.807, 2.05) is 4.90 Å². The summed E-state index contributed by atoms with van der Waals surface area (Å²) in [7, 11) is 0. The maximum atomic E-state index is 11.2. The summed E-state index contributed by atoms with van der Waals surface area (Å²) in [6.45, 7) is 11.4. The number of hydrogen-bond donors (Lipinski definition) is 0. The molecule has 0 aromatic heterocycles. The van der Waals surface area contributed by atoms with Crippen molar-refractivity contribution >= 4 is 5.91 Å². The zero-order valence-electron chi connectivity index (χ0n) is 8.72. The number of hydrogen-bond acceptors (Lipinski definition) is 1. The largest absolute Gasteiger partial charge is 0.333 e. The van der Waals surface area contributed by atoms with Gasteiger partial charge in [-0.2, -0.15) is 0 Å². The number of amides is 1. The van der Waals surface area contributed by atoms with Gasteiger partial charge in [-0.05, 0) is 11.8 Å². The van der Waals surface area contributed by atoms with Crippen LogP contribution < -0.4 is 0 Å². The van der Waals surface area contributed by atoms with Gasteiger partial charge >= 0.3 is 0 Å². The third-order valence-corrected chi connectivity index (χ3v) is 3.19. The Balaban J connectivity index is 2.75. The lowest BCUT2D eigenvalue weighted by Crippen LogP contribution is -2.33. The fourth-order valence-corrected chi connectivity index (χ4v) is 2.28. The van der Waals surface area contributed by atoms with E-state index in [-0.39, 0.29) is 11.4 Å². The molecular weight excluding hydrogens is 150 g/mol. The lowest BCUT2D eigenvalue weighted by molar-refractivity contribution is -0.125. The number of carbonyl (C=O) groups excluding carboxylic acids is 1. The molecule has 0 aromatic rings. The Morgan fingerprint density at radius 2 is 1.67 bits per heavy atom. The second-order valence-corrected chi connectivity index (χ2v) is 4.41. The van der Waals surface area contributed by atoms with Crippen LogP contribution in [0.2, 0.25) is 0 Å². The lowest BCUT2D eigenvalue weighted by atomic mass is 9.85. The molecule has 2 heteroatoms. The van der Waals surface area contributed by atoms with Gasteiger partial charge in [-0.15, -0.1) is 0 Å². The highest BCUT2D eigenvalue weighted by molar-refractivity contribution is 5.77. The topological polar surface area (TPSA) is 20.1 Å². The molecule has 0 atom stereocenters. The second kappa shape index (κ2) is 2.75. The predicted octanol–water partition coefficient (Wildman–Crippen LogP) is 1.90. The van der Waals surface area contributed by atoms with Crippen molar-refractivity contribution in [3.63, 3.8) is 0 Å². The molecule has 1 amide bonds. The minimum Gasteiger partial charge on any atom is -0.333 e. The van der Waals surface area contributed by atoms with Crippen molar-refractivity contribution in [2.75, 3.05) is 6.54 Å². The first-order valence-electron chi connectivity index (χ1n) is 4.71. The van der Waals surface area contributed by atoms with Gasteiger partial charge in [0.15, 0.2) is 0 Å². The third-order valence-electron chi connectivity index (χ3n) is 3.19. The summed E-state index contributed by atoms with van der Waals surface area (Å²) in [4.78, 5) is 13.1. The average Bonchev–Trinajstić information content (AvgIpc) is 2.60. The second-order valence-electron chi connectivity index (χ2n) is 4.41. The van der Waals surface area contributed by atoms with Crippen LogP contribution in [0.25, 0.3) is 0 Å². The molecule has 1 saturated heterocycles. The van der Waals surface area contributed by atoms with Crippen molar-refractivity contribution in [2.24, 2.45) is 11.8 Å². The van der Waals surface area contributed by atoms with E-state index >= 15 is 0 Å². The first-order chi connectivity index (χ1) is 5.43. The third kappa shape index (κ3) is 1.13. The molecule has 1 fully saturated rings. The number of nitrogens with zero attached hydrogens (tertiary/aromatic N) is 1. The summed E-state index contributed by atoms with van der Waals surface area (Å²) in [5.74, 6) is 1.36. The molecule has 0 N–H and O–H groups in total. The molecule has 70 valence electrons. The van der Waals surface area contributed by atoms with Crippen LogP contribution in [-0.2, 0) is 4.79 Å². The van der Waals surface area contributed by atoms with Gasteiger partial charge < -0.3 is 4.90 Å². The van der Waals surface area contributed by atoms with E-state index in [9.17, 15) is 4.79 Å². The monoisotopic (exact) mass is 169 g/mol. The maximum absolute atomic E-state index is 11.2. The highest BCUT2D eigenvalue weighted by Crippen LogP contribution is 2.45. The van der Waals surface area contributed by atoms with Gasteiger partial charge in [-0.3, -0.25) is 4.79 Å². The van der Waals surface area contributed by atoms with Crippen LogP contribution in [-0.4, -0.2) is 22.9 Å². The first kappa shape index (κ1) is 9.56. The Morgan fingerprint density at radius 1 is 1.25 bits per heavy atom. The molecule has 1 heterocycles. The first-order valence-corrected chi connectivity index (χ1v) is 4.71. The SMILES string of the molecule is CC(=O)N1CC1(C(C)C)C(C)C. The maximum Gasteiger partial charge on any atom is 0.220 e. The standard InChI is InChI=1S/C10H19NO/c1-7(2)10(8(3)4)6-11(10)9(5)12/h7-8H,6H2,1-5H3. The van der Waals surface area contributed by atoms with Crippen molar-refractivity contribution in [1.29, 1.82) is 0 Å². The van der Waals surface area contributed by atoms with Crippen LogP contribution in [0.1, 0.15) is 34.6 Å². The molecule has 1 rings (SSSR count). The van der Waals surface area contributed by atoms with E-state index in [0.717, 1.165) is 6.54 Å². The van der Waals surface area contributed by atoms with Crippen molar-refractivity contribution in [3.05, 3.63) is 0 Å². The van der Waals surface area contributed by atoms with E-state index in [2.05, 4.69) is 27.7 Å². The van der Waals surface area contributed by atoms with Crippen molar-refractivity contribution in [2.45, 2.75) is 40.2 Å². The van der Waals surface area contributed by atoms with Gasteiger partial charge in [0, 0.05) is 13.5 Å². The Kier molecular flexibility index (Phi) is 2.19. The molecule has 0 saturated carbocycles. The van der Waals surface area contributed by atoms with Crippen LogP contribution >= 0.6 is 0 Å². The molecule has 0 radical (unpaired) electrons. The van der Waals surface area contributed by atoms with Gasteiger partial charge in [-0.25, -0.2) is 0 Å². The highest BCUT2D eigenvalue weighted by Gasteiger charge is 2.57. The summed E-state index contributed by atoms with van der Waals surface area (Å²) in [5, 5.41) is 0. The summed E-state index contributed by atoms with van der Waals surface area (Å²) >= 11 is 0. The molecule has 2 nitrogen and oxygen atoms in total. The number of rotatable bonds is 2. The normalized spacial score (nSPS) is 20.4. The minimum absolute atomic E-state index is 0.172. The zero-order valence-corrected chi connectivity index (χ0v) is 8.72. The van der Waals surface area contributed by atoms with Gasteiger partial charge in [0.1, 0.15) is 0 Å². The molecule has 1 aliphatic heterocycles. The Morgan fingerprint density at radius 3 is 1.75 bits per heavy atom. The van der Waals surface area contributed by atoms with Crippen molar-refractivity contribution in [1.82, 2.24) is 4.90 Å². The van der Waals surface area contributed by atoms with Gasteiger partial charge in [0.25, 0.3) is 0 Å². The molecule has 0 spiro atoms. The predicted molar refractivity (Wildman–Crippen MR) is 49.8 cm³/mol. The summed E-state index contributed by atoms with van der Waals surface area (Å²) in [6.07, 6.45) is 0. The smallest absolute Gasteiger partial charge is 0.220 e. The highest BCUT2D eigenvalue weighted by atomic mass is 16.2. The van der Waals surface area contributed by atoms with Gasteiger partial charge in [0.2, 0.25) is 5.91 Å². The van der Waals surface area contributed by atoms with Crippen molar-refractivity contribution in [3.8, 4) is 0 Å². The molecule has 0 aliphatic carbocycles. The summed E-state index contributed by atoms with van der Waals surface area (Å²) < 4.78 is 0. The van der Waals surface area contributed by atoms with Crippen LogP contribution in [0.4, 0.5) is 0 Å². The molecule has 1 aliphatic rings. The van der Waals surface area contributed by atoms with Crippen LogP contribution in [0, 0.1) is 11.8 Å². The Labute approximate surface area is 74.9 Å².